The molecule has 5 aromatic rings. The highest BCUT2D eigenvalue weighted by atomic mass is 32.2. The molecule has 1 unspecified atom stereocenters. The minimum atomic E-state index is -3.14. The fourth-order valence-electron chi connectivity index (χ4n) is 5.24. The van der Waals surface area contributed by atoms with Crippen molar-refractivity contribution in [3.05, 3.63) is 120 Å². The minimum absolute atomic E-state index is 0.0539. The molecular weight excluding hydrogens is 534 g/mol. The fraction of sp³-hybridized carbons (Fsp3) is 0.188. The van der Waals surface area contributed by atoms with Crippen molar-refractivity contribution in [2.45, 2.75) is 25.8 Å². The summed E-state index contributed by atoms with van der Waals surface area (Å²) in [6.07, 6.45) is 4.42. The van der Waals surface area contributed by atoms with E-state index in [-0.39, 0.29) is 23.5 Å². The van der Waals surface area contributed by atoms with Gasteiger partial charge in [0.2, 0.25) is 0 Å². The third-order valence-corrected chi connectivity index (χ3v) is 8.99. The molecule has 1 saturated heterocycles. The van der Waals surface area contributed by atoms with Gasteiger partial charge in [-0.25, -0.2) is 13.4 Å². The predicted octanol–water partition coefficient (Wildman–Crippen LogP) is 5.52. The van der Waals surface area contributed by atoms with Crippen molar-refractivity contribution in [2.75, 3.05) is 16.8 Å². The Morgan fingerprint density at radius 1 is 0.976 bits per heavy atom. The number of hydrogen-bond acceptors (Lipinski definition) is 6. The Hall–Kier alpha value is -4.63. The quantitative estimate of drug-likeness (QED) is 0.280. The Kier molecular flexibility index (Phi) is 7.19. The number of benzene rings is 2. The molecule has 8 nitrogen and oxygen atoms in total. The highest BCUT2D eigenvalue weighted by Crippen LogP contribution is 2.37. The molecule has 6 rings (SSSR count). The van der Waals surface area contributed by atoms with Crippen LogP contribution in [-0.2, 0) is 16.3 Å². The summed E-state index contributed by atoms with van der Waals surface area (Å²) in [5.41, 5.74) is 6.59. The van der Waals surface area contributed by atoms with Gasteiger partial charge in [0, 0.05) is 35.5 Å². The number of aryl methyl sites for hydroxylation is 1. The van der Waals surface area contributed by atoms with E-state index in [4.69, 9.17) is 5.10 Å². The first-order chi connectivity index (χ1) is 19.9. The lowest BCUT2D eigenvalue weighted by Crippen LogP contribution is -2.14. The van der Waals surface area contributed by atoms with Gasteiger partial charge >= 0.3 is 0 Å². The van der Waals surface area contributed by atoms with Crippen LogP contribution in [0.3, 0.4) is 0 Å². The average Bonchev–Trinajstić information content (AvgIpc) is 3.55. The van der Waals surface area contributed by atoms with E-state index in [1.165, 1.54) is 0 Å². The SMILES string of the molecule is Cc1ccc(NC(=O)c2cccc(Cc3c(-c4ccccn4)nn(C4CCS(=O)(=O)C4)c3-c3ccccc3)c2)nc1. The van der Waals surface area contributed by atoms with Crippen LogP contribution < -0.4 is 5.32 Å². The molecule has 0 aliphatic carbocycles. The van der Waals surface area contributed by atoms with Crippen molar-refractivity contribution < 1.29 is 13.2 Å². The smallest absolute Gasteiger partial charge is 0.256 e. The summed E-state index contributed by atoms with van der Waals surface area (Å²) in [4.78, 5) is 22.0. The average molecular weight is 564 g/mol. The Morgan fingerprint density at radius 3 is 2.51 bits per heavy atom. The molecule has 1 aliphatic rings. The second-order valence-corrected chi connectivity index (χ2v) is 12.5. The summed E-state index contributed by atoms with van der Waals surface area (Å²) in [6, 6.07) is 26.5. The van der Waals surface area contributed by atoms with E-state index in [1.54, 1.807) is 24.5 Å². The summed E-state index contributed by atoms with van der Waals surface area (Å²) >= 11 is 0. The summed E-state index contributed by atoms with van der Waals surface area (Å²) in [5, 5.41) is 7.89. The number of rotatable bonds is 7. The fourth-order valence-corrected chi connectivity index (χ4v) is 6.93. The number of amides is 1. The summed E-state index contributed by atoms with van der Waals surface area (Å²) in [5.74, 6) is 0.441. The Balaban J connectivity index is 1.43. The van der Waals surface area contributed by atoms with Gasteiger partial charge in [-0.3, -0.25) is 14.5 Å². The second-order valence-electron chi connectivity index (χ2n) is 10.3. The van der Waals surface area contributed by atoms with Gasteiger partial charge < -0.3 is 5.32 Å². The molecule has 41 heavy (non-hydrogen) atoms. The molecule has 0 bridgehead atoms. The zero-order chi connectivity index (χ0) is 28.4. The van der Waals surface area contributed by atoms with Crippen molar-refractivity contribution in [3.63, 3.8) is 0 Å². The molecule has 1 fully saturated rings. The van der Waals surface area contributed by atoms with Gasteiger partial charge in [0.05, 0.1) is 28.9 Å². The molecule has 0 spiro atoms. The van der Waals surface area contributed by atoms with E-state index in [2.05, 4.69) is 15.3 Å². The van der Waals surface area contributed by atoms with Crippen LogP contribution in [0.4, 0.5) is 5.82 Å². The highest BCUT2D eigenvalue weighted by molar-refractivity contribution is 7.91. The Labute approximate surface area is 239 Å². The van der Waals surface area contributed by atoms with Crippen LogP contribution in [0.15, 0.2) is 97.3 Å². The molecule has 1 aliphatic heterocycles. The molecular formula is C32H29N5O3S. The number of hydrogen-bond donors (Lipinski definition) is 1. The number of anilines is 1. The number of nitrogens with zero attached hydrogens (tertiary/aromatic N) is 4. The lowest BCUT2D eigenvalue weighted by Gasteiger charge is -2.15. The van der Waals surface area contributed by atoms with Gasteiger partial charge in [-0.05, 0) is 54.8 Å². The standard InChI is InChI=1S/C32H29N5O3S/c1-22-13-14-29(34-20-22)35-32(38)25-11-7-8-23(18-25)19-27-30(28-12-5-6-16-33-28)36-37(26-15-17-41(39,40)21-26)31(27)24-9-3-2-4-10-24/h2-14,16,18,20,26H,15,17,19,21H2,1H3,(H,34,35,38). The number of carbonyl (C=O) groups excluding carboxylic acids is 1. The van der Waals surface area contributed by atoms with Crippen LogP contribution in [0.25, 0.3) is 22.6 Å². The van der Waals surface area contributed by atoms with Crippen LogP contribution in [0, 0.1) is 6.92 Å². The van der Waals surface area contributed by atoms with E-state index in [9.17, 15) is 13.2 Å². The Morgan fingerprint density at radius 2 is 1.80 bits per heavy atom. The minimum Gasteiger partial charge on any atom is -0.307 e. The first kappa shape index (κ1) is 26.6. The lowest BCUT2D eigenvalue weighted by atomic mass is 9.96. The van der Waals surface area contributed by atoms with Gasteiger partial charge in [-0.2, -0.15) is 5.10 Å². The third-order valence-electron chi connectivity index (χ3n) is 7.24. The molecule has 4 heterocycles. The van der Waals surface area contributed by atoms with Crippen molar-refractivity contribution in [3.8, 4) is 22.6 Å². The van der Waals surface area contributed by atoms with Gasteiger partial charge in [0.15, 0.2) is 9.84 Å². The number of aromatic nitrogens is 4. The van der Waals surface area contributed by atoms with E-state index < -0.39 is 9.84 Å². The molecule has 1 atom stereocenters. The van der Waals surface area contributed by atoms with Gasteiger partial charge in [-0.1, -0.05) is 54.6 Å². The normalized spacial score (nSPS) is 16.0. The topological polar surface area (TPSA) is 107 Å². The van der Waals surface area contributed by atoms with E-state index in [1.807, 2.05) is 84.4 Å². The van der Waals surface area contributed by atoms with Gasteiger partial charge in [0.25, 0.3) is 5.91 Å². The van der Waals surface area contributed by atoms with Crippen molar-refractivity contribution >= 4 is 21.6 Å². The molecule has 1 N–H and O–H groups in total. The summed E-state index contributed by atoms with van der Waals surface area (Å²) in [7, 11) is -3.14. The van der Waals surface area contributed by atoms with Gasteiger partial charge in [0.1, 0.15) is 11.5 Å². The molecule has 9 heteroatoms. The van der Waals surface area contributed by atoms with Crippen LogP contribution in [0.2, 0.25) is 0 Å². The summed E-state index contributed by atoms with van der Waals surface area (Å²) < 4.78 is 26.8. The molecule has 0 saturated carbocycles. The molecule has 206 valence electrons. The lowest BCUT2D eigenvalue weighted by molar-refractivity contribution is 0.102. The maximum Gasteiger partial charge on any atom is 0.256 e. The maximum absolute atomic E-state index is 13.1. The molecule has 2 aromatic carbocycles. The number of carbonyl (C=O) groups is 1. The van der Waals surface area contributed by atoms with E-state index in [0.29, 0.717) is 35.6 Å². The number of nitrogens with one attached hydrogen (secondary N) is 1. The van der Waals surface area contributed by atoms with E-state index in [0.717, 1.165) is 27.9 Å². The first-order valence-corrected chi connectivity index (χ1v) is 15.3. The first-order valence-electron chi connectivity index (χ1n) is 13.5. The second kappa shape index (κ2) is 11.1. The Bertz CT molecular complexity index is 1800. The monoisotopic (exact) mass is 563 g/mol. The predicted molar refractivity (Wildman–Crippen MR) is 159 cm³/mol. The zero-order valence-electron chi connectivity index (χ0n) is 22.6. The van der Waals surface area contributed by atoms with Crippen molar-refractivity contribution in [2.24, 2.45) is 0 Å². The van der Waals surface area contributed by atoms with Crippen LogP contribution in [-0.4, -0.2) is 45.6 Å². The molecule has 3 aromatic heterocycles. The largest absolute Gasteiger partial charge is 0.307 e. The van der Waals surface area contributed by atoms with E-state index >= 15 is 0 Å². The molecule has 1 amide bonds. The number of pyridine rings is 2. The van der Waals surface area contributed by atoms with Crippen LogP contribution in [0.5, 0.6) is 0 Å². The summed E-state index contributed by atoms with van der Waals surface area (Å²) in [6.45, 7) is 1.94. The van der Waals surface area contributed by atoms with Crippen molar-refractivity contribution in [1.29, 1.82) is 0 Å². The molecule has 0 radical (unpaired) electrons. The maximum atomic E-state index is 13.1. The highest BCUT2D eigenvalue weighted by Gasteiger charge is 2.33. The number of sulfone groups is 1. The van der Waals surface area contributed by atoms with Gasteiger partial charge in [-0.15, -0.1) is 0 Å². The zero-order valence-corrected chi connectivity index (χ0v) is 23.4. The van der Waals surface area contributed by atoms with Crippen LogP contribution >= 0.6 is 0 Å². The van der Waals surface area contributed by atoms with Crippen LogP contribution in [0.1, 0.15) is 39.5 Å². The van der Waals surface area contributed by atoms with Crippen molar-refractivity contribution in [1.82, 2.24) is 19.7 Å². The third kappa shape index (κ3) is 5.81.